The summed E-state index contributed by atoms with van der Waals surface area (Å²) in [5.74, 6) is 0.894. The van der Waals surface area contributed by atoms with Crippen molar-refractivity contribution in [2.75, 3.05) is 7.05 Å². The average molecular weight is 353 g/mol. The van der Waals surface area contributed by atoms with Gasteiger partial charge in [-0.1, -0.05) is 54.1 Å². The van der Waals surface area contributed by atoms with Gasteiger partial charge in [0.2, 0.25) is 0 Å². The fourth-order valence-electron chi connectivity index (χ4n) is 3.01. The summed E-state index contributed by atoms with van der Waals surface area (Å²) in [6.07, 6.45) is 0. The molecule has 1 aromatic heterocycles. The van der Waals surface area contributed by atoms with Crippen LogP contribution in [0.3, 0.4) is 0 Å². The molecule has 4 nitrogen and oxygen atoms in total. The first-order chi connectivity index (χ1) is 12.0. The molecule has 0 aliphatic heterocycles. The standard InChI is InChI=1S/C20H24N4S/c1-15-10-11-18(16(2)12-15)13-22(3)14-24-20(25)23(4)19(21-24)17-8-6-5-7-9-17/h5-12H,13-14H2,1-4H3. The molecule has 0 fully saturated rings. The number of rotatable bonds is 5. The summed E-state index contributed by atoms with van der Waals surface area (Å²) in [4.78, 5) is 2.23. The molecule has 0 saturated heterocycles. The summed E-state index contributed by atoms with van der Waals surface area (Å²) < 4.78 is 4.59. The quantitative estimate of drug-likeness (QED) is 0.640. The molecule has 0 unspecified atom stereocenters. The van der Waals surface area contributed by atoms with Crippen LogP contribution >= 0.6 is 12.2 Å². The van der Waals surface area contributed by atoms with Crippen LogP contribution in [-0.2, 0) is 20.3 Å². The fourth-order valence-corrected chi connectivity index (χ4v) is 3.20. The van der Waals surface area contributed by atoms with Crippen molar-refractivity contribution in [3.63, 3.8) is 0 Å². The Labute approximate surface area is 154 Å². The molecule has 0 amide bonds. The van der Waals surface area contributed by atoms with E-state index in [4.69, 9.17) is 17.3 Å². The third-order valence-electron chi connectivity index (χ3n) is 4.39. The van der Waals surface area contributed by atoms with Crippen LogP contribution in [-0.4, -0.2) is 26.3 Å². The molecule has 1 heterocycles. The normalized spacial score (nSPS) is 11.2. The average Bonchev–Trinajstić information content (AvgIpc) is 2.87. The molecule has 2 aromatic carbocycles. The minimum Gasteiger partial charge on any atom is -0.303 e. The fraction of sp³-hybridized carbons (Fsp3) is 0.300. The SMILES string of the molecule is Cc1ccc(CN(C)Cn2nc(-c3ccccc3)n(C)c2=S)c(C)c1. The maximum Gasteiger partial charge on any atom is 0.199 e. The smallest absolute Gasteiger partial charge is 0.199 e. The topological polar surface area (TPSA) is 26.0 Å². The molecule has 0 bridgehead atoms. The monoisotopic (exact) mass is 352 g/mol. The molecule has 0 aliphatic carbocycles. The molecule has 3 aromatic rings. The molecule has 0 aliphatic rings. The Morgan fingerprint density at radius 1 is 1.08 bits per heavy atom. The second kappa shape index (κ2) is 7.33. The van der Waals surface area contributed by atoms with Crippen LogP contribution in [0.25, 0.3) is 11.4 Å². The molecule has 0 radical (unpaired) electrons. The number of aromatic nitrogens is 3. The molecule has 25 heavy (non-hydrogen) atoms. The largest absolute Gasteiger partial charge is 0.303 e. The molecule has 0 spiro atoms. The predicted octanol–water partition coefficient (Wildman–Crippen LogP) is 4.32. The van der Waals surface area contributed by atoms with E-state index in [1.54, 1.807) is 0 Å². The van der Waals surface area contributed by atoms with Gasteiger partial charge in [0.25, 0.3) is 0 Å². The minimum absolute atomic E-state index is 0.660. The summed E-state index contributed by atoms with van der Waals surface area (Å²) in [7, 11) is 4.07. The van der Waals surface area contributed by atoms with Crippen LogP contribution in [0, 0.1) is 18.6 Å². The van der Waals surface area contributed by atoms with Crippen molar-refractivity contribution in [3.8, 4) is 11.4 Å². The Morgan fingerprint density at radius 3 is 2.48 bits per heavy atom. The molecular weight excluding hydrogens is 328 g/mol. The van der Waals surface area contributed by atoms with Crippen molar-refractivity contribution in [1.29, 1.82) is 0 Å². The molecule has 0 saturated carbocycles. The third-order valence-corrected chi connectivity index (χ3v) is 4.87. The van der Waals surface area contributed by atoms with Crippen LogP contribution in [0.5, 0.6) is 0 Å². The first-order valence-electron chi connectivity index (χ1n) is 8.39. The number of benzene rings is 2. The lowest BCUT2D eigenvalue weighted by Gasteiger charge is -2.18. The van der Waals surface area contributed by atoms with Gasteiger partial charge in [-0.2, -0.15) is 5.10 Å². The lowest BCUT2D eigenvalue weighted by atomic mass is 10.1. The van der Waals surface area contributed by atoms with Crippen molar-refractivity contribution >= 4 is 12.2 Å². The summed E-state index contributed by atoms with van der Waals surface area (Å²) >= 11 is 5.58. The van der Waals surface area contributed by atoms with Crippen molar-refractivity contribution in [2.24, 2.45) is 7.05 Å². The zero-order valence-corrected chi connectivity index (χ0v) is 16.0. The highest BCUT2D eigenvalue weighted by atomic mass is 32.1. The third kappa shape index (κ3) is 3.89. The highest BCUT2D eigenvalue weighted by molar-refractivity contribution is 7.71. The van der Waals surface area contributed by atoms with E-state index in [1.165, 1.54) is 16.7 Å². The maximum absolute atomic E-state index is 5.58. The van der Waals surface area contributed by atoms with Crippen LogP contribution in [0.2, 0.25) is 0 Å². The first kappa shape index (κ1) is 17.6. The van der Waals surface area contributed by atoms with Gasteiger partial charge in [0.1, 0.15) is 0 Å². The first-order valence-corrected chi connectivity index (χ1v) is 8.80. The Kier molecular flexibility index (Phi) is 5.16. The van der Waals surface area contributed by atoms with Crippen LogP contribution in [0.4, 0.5) is 0 Å². The van der Waals surface area contributed by atoms with Gasteiger partial charge in [0.15, 0.2) is 10.6 Å². The molecule has 3 rings (SSSR count). The second-order valence-corrected chi connectivity index (χ2v) is 6.98. The van der Waals surface area contributed by atoms with E-state index < -0.39 is 0 Å². The van der Waals surface area contributed by atoms with E-state index in [1.807, 2.05) is 34.5 Å². The maximum atomic E-state index is 5.58. The van der Waals surface area contributed by atoms with E-state index in [-0.39, 0.29) is 0 Å². The van der Waals surface area contributed by atoms with Crippen LogP contribution in [0.15, 0.2) is 48.5 Å². The van der Waals surface area contributed by atoms with Gasteiger partial charge in [-0.05, 0) is 44.2 Å². The van der Waals surface area contributed by atoms with Gasteiger partial charge in [-0.25, -0.2) is 4.68 Å². The molecule has 5 heteroatoms. The van der Waals surface area contributed by atoms with Gasteiger partial charge >= 0.3 is 0 Å². The van der Waals surface area contributed by atoms with E-state index in [0.717, 1.165) is 22.7 Å². The lowest BCUT2D eigenvalue weighted by Crippen LogP contribution is -2.23. The minimum atomic E-state index is 0.660. The number of aryl methyl sites for hydroxylation is 2. The van der Waals surface area contributed by atoms with E-state index in [2.05, 4.69) is 56.1 Å². The van der Waals surface area contributed by atoms with Gasteiger partial charge in [-0.3, -0.25) is 4.90 Å². The molecule has 0 N–H and O–H groups in total. The summed E-state index contributed by atoms with van der Waals surface area (Å²) in [5.41, 5.74) is 5.02. The van der Waals surface area contributed by atoms with E-state index in [0.29, 0.717) is 6.67 Å². The lowest BCUT2D eigenvalue weighted by molar-refractivity contribution is 0.243. The van der Waals surface area contributed by atoms with Gasteiger partial charge in [0.05, 0.1) is 6.67 Å². The van der Waals surface area contributed by atoms with Crippen LogP contribution < -0.4 is 0 Å². The summed E-state index contributed by atoms with van der Waals surface area (Å²) in [6.45, 7) is 5.81. The second-order valence-electron chi connectivity index (χ2n) is 6.62. The summed E-state index contributed by atoms with van der Waals surface area (Å²) in [5, 5.41) is 4.73. The predicted molar refractivity (Wildman–Crippen MR) is 105 cm³/mol. The molecular formula is C20H24N4S. The van der Waals surface area contributed by atoms with Crippen LogP contribution in [0.1, 0.15) is 16.7 Å². The van der Waals surface area contributed by atoms with E-state index >= 15 is 0 Å². The van der Waals surface area contributed by atoms with E-state index in [9.17, 15) is 0 Å². The molecule has 0 atom stereocenters. The number of nitrogens with zero attached hydrogens (tertiary/aromatic N) is 4. The van der Waals surface area contributed by atoms with Gasteiger partial charge in [-0.15, -0.1) is 0 Å². The number of hydrogen-bond donors (Lipinski definition) is 0. The van der Waals surface area contributed by atoms with Crippen molar-refractivity contribution in [1.82, 2.24) is 19.2 Å². The van der Waals surface area contributed by atoms with Gasteiger partial charge < -0.3 is 4.57 Å². The highest BCUT2D eigenvalue weighted by Gasteiger charge is 2.11. The Bertz CT molecular complexity index is 925. The number of hydrogen-bond acceptors (Lipinski definition) is 3. The van der Waals surface area contributed by atoms with Crippen molar-refractivity contribution < 1.29 is 0 Å². The van der Waals surface area contributed by atoms with Crippen molar-refractivity contribution in [2.45, 2.75) is 27.1 Å². The Balaban J connectivity index is 1.80. The summed E-state index contributed by atoms with van der Waals surface area (Å²) in [6, 6.07) is 16.7. The molecule has 130 valence electrons. The van der Waals surface area contributed by atoms with Gasteiger partial charge in [0, 0.05) is 19.2 Å². The Morgan fingerprint density at radius 2 is 1.80 bits per heavy atom. The Hall–Kier alpha value is -2.24. The zero-order valence-electron chi connectivity index (χ0n) is 15.2. The van der Waals surface area contributed by atoms with Crippen molar-refractivity contribution in [3.05, 3.63) is 70.0 Å². The highest BCUT2D eigenvalue weighted by Crippen LogP contribution is 2.17. The zero-order chi connectivity index (χ0) is 18.0.